The van der Waals surface area contributed by atoms with Gasteiger partial charge in [-0.05, 0) is 18.2 Å². The maximum atomic E-state index is 13.3. The zero-order valence-electron chi connectivity index (χ0n) is 8.93. The van der Waals surface area contributed by atoms with Crippen molar-refractivity contribution in [2.75, 3.05) is 0 Å². The second-order valence-electron chi connectivity index (χ2n) is 3.36. The molecule has 4 nitrogen and oxygen atoms in total. The van der Waals surface area contributed by atoms with Crippen molar-refractivity contribution in [3.63, 3.8) is 0 Å². The third kappa shape index (κ3) is 2.60. The van der Waals surface area contributed by atoms with Crippen LogP contribution in [0.5, 0.6) is 11.6 Å². The number of aromatic carboxylic acids is 1. The maximum absolute atomic E-state index is 13.3. The molecule has 1 aromatic carbocycles. The van der Waals surface area contributed by atoms with Crippen LogP contribution in [-0.4, -0.2) is 16.1 Å². The molecule has 1 aromatic heterocycles. The summed E-state index contributed by atoms with van der Waals surface area (Å²) in [6.07, 6.45) is 0.956. The van der Waals surface area contributed by atoms with Gasteiger partial charge < -0.3 is 9.84 Å². The number of nitrogens with zero attached hydrogens (tertiary/aromatic N) is 1. The summed E-state index contributed by atoms with van der Waals surface area (Å²) in [5.41, 5.74) is -0.450. The van der Waals surface area contributed by atoms with E-state index in [9.17, 15) is 13.6 Å². The normalized spacial score (nSPS) is 10.1. The molecular formula is C12H7F2NO3. The van der Waals surface area contributed by atoms with E-state index in [4.69, 9.17) is 9.84 Å². The van der Waals surface area contributed by atoms with Gasteiger partial charge in [-0.3, -0.25) is 0 Å². The first-order valence-electron chi connectivity index (χ1n) is 4.88. The SMILES string of the molecule is O=C(O)c1ccc(Oc2ccc(F)cn2)cc1F. The largest absolute Gasteiger partial charge is 0.478 e. The monoisotopic (exact) mass is 251 g/mol. The Labute approximate surface area is 100 Å². The molecule has 0 aliphatic rings. The summed E-state index contributed by atoms with van der Waals surface area (Å²) in [7, 11) is 0. The van der Waals surface area contributed by atoms with Crippen LogP contribution in [0.3, 0.4) is 0 Å². The number of aromatic nitrogens is 1. The second-order valence-corrected chi connectivity index (χ2v) is 3.36. The first-order valence-corrected chi connectivity index (χ1v) is 4.88. The van der Waals surface area contributed by atoms with Crippen LogP contribution in [0.25, 0.3) is 0 Å². The predicted molar refractivity (Wildman–Crippen MR) is 57.6 cm³/mol. The van der Waals surface area contributed by atoms with E-state index >= 15 is 0 Å². The van der Waals surface area contributed by atoms with Crippen LogP contribution in [0.2, 0.25) is 0 Å². The first kappa shape index (κ1) is 12.0. The standard InChI is InChI=1S/C12H7F2NO3/c13-7-1-4-11(15-6-7)18-8-2-3-9(12(16)17)10(14)5-8/h1-6H,(H,16,17). The lowest BCUT2D eigenvalue weighted by Gasteiger charge is -2.05. The number of pyridine rings is 1. The van der Waals surface area contributed by atoms with Crippen molar-refractivity contribution >= 4 is 5.97 Å². The molecule has 1 heterocycles. The Morgan fingerprint density at radius 1 is 1.22 bits per heavy atom. The third-order valence-corrected chi connectivity index (χ3v) is 2.09. The van der Waals surface area contributed by atoms with Crippen LogP contribution in [-0.2, 0) is 0 Å². The molecule has 18 heavy (non-hydrogen) atoms. The topological polar surface area (TPSA) is 59.4 Å². The van der Waals surface area contributed by atoms with Crippen molar-refractivity contribution in [1.29, 1.82) is 0 Å². The van der Waals surface area contributed by atoms with Crippen LogP contribution in [0.15, 0.2) is 36.5 Å². The van der Waals surface area contributed by atoms with Gasteiger partial charge in [0.1, 0.15) is 17.4 Å². The first-order chi connectivity index (χ1) is 8.56. The molecule has 0 saturated carbocycles. The molecule has 0 spiro atoms. The molecule has 0 saturated heterocycles. The fraction of sp³-hybridized carbons (Fsp3) is 0. The lowest BCUT2D eigenvalue weighted by atomic mass is 10.2. The Morgan fingerprint density at radius 3 is 2.56 bits per heavy atom. The number of halogens is 2. The molecule has 2 aromatic rings. The zero-order chi connectivity index (χ0) is 13.1. The fourth-order valence-corrected chi connectivity index (χ4v) is 1.28. The van der Waals surface area contributed by atoms with Gasteiger partial charge >= 0.3 is 5.97 Å². The van der Waals surface area contributed by atoms with Crippen LogP contribution in [0, 0.1) is 11.6 Å². The Morgan fingerprint density at radius 2 is 2.00 bits per heavy atom. The Balaban J connectivity index is 2.22. The minimum atomic E-state index is -1.36. The highest BCUT2D eigenvalue weighted by Crippen LogP contribution is 2.22. The van der Waals surface area contributed by atoms with Crippen molar-refractivity contribution in [2.45, 2.75) is 0 Å². The summed E-state index contributed by atoms with van der Waals surface area (Å²) in [6.45, 7) is 0. The van der Waals surface area contributed by atoms with Gasteiger partial charge in [-0.2, -0.15) is 0 Å². The molecule has 0 unspecified atom stereocenters. The number of benzene rings is 1. The van der Waals surface area contributed by atoms with E-state index in [-0.39, 0.29) is 11.6 Å². The summed E-state index contributed by atoms with van der Waals surface area (Å²) in [5.74, 6) is -2.63. The third-order valence-electron chi connectivity index (χ3n) is 2.09. The van der Waals surface area contributed by atoms with Crippen LogP contribution < -0.4 is 4.74 Å². The molecule has 0 aliphatic heterocycles. The molecule has 6 heteroatoms. The fourth-order valence-electron chi connectivity index (χ4n) is 1.28. The summed E-state index contributed by atoms with van der Waals surface area (Å²) >= 11 is 0. The molecule has 0 amide bonds. The molecule has 2 rings (SSSR count). The number of hydrogen-bond donors (Lipinski definition) is 1. The van der Waals surface area contributed by atoms with E-state index in [2.05, 4.69) is 4.98 Å². The molecule has 0 fully saturated rings. The number of rotatable bonds is 3. The van der Waals surface area contributed by atoms with Gasteiger partial charge in [0, 0.05) is 12.1 Å². The highest BCUT2D eigenvalue weighted by molar-refractivity contribution is 5.88. The Kier molecular flexibility index (Phi) is 3.18. The van der Waals surface area contributed by atoms with Crippen molar-refractivity contribution < 1.29 is 23.4 Å². The molecule has 92 valence electrons. The summed E-state index contributed by atoms with van der Waals surface area (Å²) in [5, 5.41) is 8.64. The summed E-state index contributed by atoms with van der Waals surface area (Å²) < 4.78 is 31.1. The van der Waals surface area contributed by atoms with Crippen molar-refractivity contribution in [1.82, 2.24) is 4.98 Å². The van der Waals surface area contributed by atoms with Crippen LogP contribution in [0.4, 0.5) is 8.78 Å². The highest BCUT2D eigenvalue weighted by Gasteiger charge is 2.11. The Bertz CT molecular complexity index is 584. The number of hydrogen-bond acceptors (Lipinski definition) is 3. The van der Waals surface area contributed by atoms with Crippen molar-refractivity contribution in [3.8, 4) is 11.6 Å². The lowest BCUT2D eigenvalue weighted by Crippen LogP contribution is -2.00. The van der Waals surface area contributed by atoms with Gasteiger partial charge in [-0.25, -0.2) is 18.6 Å². The van der Waals surface area contributed by atoms with Gasteiger partial charge in [0.15, 0.2) is 0 Å². The number of carbonyl (C=O) groups is 1. The van der Waals surface area contributed by atoms with E-state index in [1.54, 1.807) is 0 Å². The summed E-state index contributed by atoms with van der Waals surface area (Å²) in [6, 6.07) is 5.71. The molecule has 1 N–H and O–H groups in total. The predicted octanol–water partition coefficient (Wildman–Crippen LogP) is 2.85. The van der Waals surface area contributed by atoms with Crippen LogP contribution >= 0.6 is 0 Å². The van der Waals surface area contributed by atoms with E-state index in [1.165, 1.54) is 12.1 Å². The van der Waals surface area contributed by atoms with Gasteiger partial charge in [-0.15, -0.1) is 0 Å². The summed E-state index contributed by atoms with van der Waals surface area (Å²) in [4.78, 5) is 14.2. The second kappa shape index (κ2) is 4.79. The van der Waals surface area contributed by atoms with E-state index in [0.717, 1.165) is 24.4 Å². The highest BCUT2D eigenvalue weighted by atomic mass is 19.1. The average molecular weight is 251 g/mol. The zero-order valence-corrected chi connectivity index (χ0v) is 8.93. The molecule has 0 atom stereocenters. The smallest absolute Gasteiger partial charge is 0.338 e. The lowest BCUT2D eigenvalue weighted by molar-refractivity contribution is 0.0692. The van der Waals surface area contributed by atoms with Crippen LogP contribution in [0.1, 0.15) is 10.4 Å². The van der Waals surface area contributed by atoms with Gasteiger partial charge in [0.25, 0.3) is 0 Å². The molecule has 0 radical (unpaired) electrons. The number of carboxylic acid groups (broad SMARTS) is 1. The minimum absolute atomic E-state index is 0.0802. The van der Waals surface area contributed by atoms with Gasteiger partial charge in [0.2, 0.25) is 5.88 Å². The van der Waals surface area contributed by atoms with Gasteiger partial charge in [-0.1, -0.05) is 0 Å². The van der Waals surface area contributed by atoms with E-state index < -0.39 is 23.2 Å². The molecule has 0 aliphatic carbocycles. The van der Waals surface area contributed by atoms with Crippen molar-refractivity contribution in [3.05, 3.63) is 53.7 Å². The molecule has 0 bridgehead atoms. The molecular weight excluding hydrogens is 244 g/mol. The average Bonchev–Trinajstić information content (AvgIpc) is 2.32. The number of ether oxygens (including phenoxy) is 1. The van der Waals surface area contributed by atoms with E-state index in [1.807, 2.05) is 0 Å². The quantitative estimate of drug-likeness (QED) is 0.911. The van der Waals surface area contributed by atoms with Gasteiger partial charge in [0.05, 0.1) is 11.8 Å². The minimum Gasteiger partial charge on any atom is -0.478 e. The van der Waals surface area contributed by atoms with E-state index in [0.29, 0.717) is 0 Å². The maximum Gasteiger partial charge on any atom is 0.338 e. The van der Waals surface area contributed by atoms with Crippen molar-refractivity contribution in [2.24, 2.45) is 0 Å². The Hall–Kier alpha value is -2.50. The number of carboxylic acids is 1.